The van der Waals surface area contributed by atoms with Gasteiger partial charge < -0.3 is 10.1 Å². The second kappa shape index (κ2) is 6.06. The molecule has 0 amide bonds. The van der Waals surface area contributed by atoms with Gasteiger partial charge in [-0.2, -0.15) is 0 Å². The normalized spacial score (nSPS) is 28.1. The Morgan fingerprint density at radius 1 is 1.05 bits per heavy atom. The number of hydrogen-bond donors (Lipinski definition) is 1. The Bertz CT molecular complexity index is 411. The second-order valence-corrected chi connectivity index (χ2v) is 6.12. The Labute approximate surface area is 116 Å². The minimum Gasteiger partial charge on any atom is -0.381 e. The smallest absolute Gasteiger partial charge is 0.0469 e. The van der Waals surface area contributed by atoms with E-state index in [1.54, 1.807) is 5.56 Å². The third kappa shape index (κ3) is 3.01. The standard InChI is InChI=1S/C17H25NO/c1-13-6-7-17(16-5-3-2-4-15(13)16)18-12-14-8-10-19-11-9-14/h2-5,13-14,17-18H,6-12H2,1H3. The third-order valence-electron chi connectivity index (χ3n) is 4.78. The Hall–Kier alpha value is -0.860. The van der Waals surface area contributed by atoms with Crippen LogP contribution < -0.4 is 5.32 Å². The van der Waals surface area contributed by atoms with Gasteiger partial charge in [-0.1, -0.05) is 31.2 Å². The molecular weight excluding hydrogens is 234 g/mol. The highest BCUT2D eigenvalue weighted by atomic mass is 16.5. The van der Waals surface area contributed by atoms with Crippen LogP contribution >= 0.6 is 0 Å². The number of ether oxygens (including phenoxy) is 1. The lowest BCUT2D eigenvalue weighted by Gasteiger charge is -2.32. The molecule has 1 aromatic rings. The van der Waals surface area contributed by atoms with Gasteiger partial charge in [-0.25, -0.2) is 0 Å². The molecule has 0 spiro atoms. The van der Waals surface area contributed by atoms with Gasteiger partial charge >= 0.3 is 0 Å². The third-order valence-corrected chi connectivity index (χ3v) is 4.78. The summed E-state index contributed by atoms with van der Waals surface area (Å²) in [6.45, 7) is 5.40. The van der Waals surface area contributed by atoms with Crippen molar-refractivity contribution in [3.63, 3.8) is 0 Å². The van der Waals surface area contributed by atoms with Crippen molar-refractivity contribution in [3.8, 4) is 0 Å². The fourth-order valence-electron chi connectivity index (χ4n) is 3.48. The Morgan fingerprint density at radius 2 is 1.79 bits per heavy atom. The van der Waals surface area contributed by atoms with Crippen LogP contribution in [0, 0.1) is 5.92 Å². The number of rotatable bonds is 3. The van der Waals surface area contributed by atoms with Gasteiger partial charge in [-0.15, -0.1) is 0 Å². The van der Waals surface area contributed by atoms with E-state index in [0.29, 0.717) is 6.04 Å². The number of fused-ring (bicyclic) bond motifs is 1. The van der Waals surface area contributed by atoms with Crippen molar-refractivity contribution in [2.45, 2.75) is 44.6 Å². The molecule has 104 valence electrons. The molecule has 0 radical (unpaired) electrons. The zero-order valence-electron chi connectivity index (χ0n) is 11.9. The summed E-state index contributed by atoms with van der Waals surface area (Å²) in [6, 6.07) is 9.54. The van der Waals surface area contributed by atoms with E-state index in [1.807, 2.05) is 0 Å². The van der Waals surface area contributed by atoms with Crippen LogP contribution in [-0.2, 0) is 4.74 Å². The molecule has 3 rings (SSSR count). The van der Waals surface area contributed by atoms with Gasteiger partial charge in [-0.3, -0.25) is 0 Å². The van der Waals surface area contributed by atoms with Crippen LogP contribution in [0.15, 0.2) is 24.3 Å². The second-order valence-electron chi connectivity index (χ2n) is 6.12. The summed E-state index contributed by atoms with van der Waals surface area (Å²) in [5.74, 6) is 1.53. The van der Waals surface area contributed by atoms with Gasteiger partial charge in [0, 0.05) is 19.3 Å². The first-order chi connectivity index (χ1) is 9.34. The average Bonchev–Trinajstić information content (AvgIpc) is 2.48. The van der Waals surface area contributed by atoms with Gasteiger partial charge in [0.15, 0.2) is 0 Å². The van der Waals surface area contributed by atoms with E-state index in [1.165, 1.54) is 31.2 Å². The summed E-state index contributed by atoms with van der Waals surface area (Å²) in [6.07, 6.45) is 5.03. The molecule has 1 N–H and O–H groups in total. The molecule has 2 aliphatic rings. The van der Waals surface area contributed by atoms with Crippen LogP contribution in [-0.4, -0.2) is 19.8 Å². The van der Waals surface area contributed by atoms with Gasteiger partial charge in [0.05, 0.1) is 0 Å². The number of benzene rings is 1. The molecule has 0 bridgehead atoms. The highest BCUT2D eigenvalue weighted by molar-refractivity contribution is 5.34. The minimum absolute atomic E-state index is 0.565. The van der Waals surface area contributed by atoms with E-state index >= 15 is 0 Å². The van der Waals surface area contributed by atoms with E-state index in [0.717, 1.165) is 31.6 Å². The van der Waals surface area contributed by atoms with Gasteiger partial charge in [-0.05, 0) is 55.2 Å². The molecule has 1 saturated heterocycles. The topological polar surface area (TPSA) is 21.3 Å². The first-order valence-corrected chi connectivity index (χ1v) is 7.74. The zero-order valence-corrected chi connectivity index (χ0v) is 11.9. The summed E-state index contributed by atoms with van der Waals surface area (Å²) >= 11 is 0. The first-order valence-electron chi connectivity index (χ1n) is 7.74. The predicted molar refractivity (Wildman–Crippen MR) is 78.4 cm³/mol. The maximum Gasteiger partial charge on any atom is 0.0469 e. The van der Waals surface area contributed by atoms with E-state index < -0.39 is 0 Å². The molecule has 1 aliphatic heterocycles. The maximum atomic E-state index is 5.43. The van der Waals surface area contributed by atoms with Crippen LogP contribution in [0.5, 0.6) is 0 Å². The lowest BCUT2D eigenvalue weighted by Crippen LogP contribution is -2.32. The fraction of sp³-hybridized carbons (Fsp3) is 0.647. The van der Waals surface area contributed by atoms with Crippen LogP contribution in [0.1, 0.15) is 55.7 Å². The van der Waals surface area contributed by atoms with Crippen LogP contribution in [0.3, 0.4) is 0 Å². The quantitative estimate of drug-likeness (QED) is 0.895. The van der Waals surface area contributed by atoms with Gasteiger partial charge in [0.25, 0.3) is 0 Å². The largest absolute Gasteiger partial charge is 0.381 e. The lowest BCUT2D eigenvalue weighted by atomic mass is 9.81. The van der Waals surface area contributed by atoms with Crippen molar-refractivity contribution in [2.75, 3.05) is 19.8 Å². The molecule has 1 heterocycles. The predicted octanol–water partition coefficient (Wildman–Crippen LogP) is 3.64. The van der Waals surface area contributed by atoms with Crippen molar-refractivity contribution in [1.29, 1.82) is 0 Å². The Morgan fingerprint density at radius 3 is 2.58 bits per heavy atom. The minimum atomic E-state index is 0.565. The Balaban J connectivity index is 1.64. The molecule has 1 fully saturated rings. The summed E-state index contributed by atoms with van der Waals surface area (Å²) in [5.41, 5.74) is 3.09. The lowest BCUT2D eigenvalue weighted by molar-refractivity contribution is 0.0652. The van der Waals surface area contributed by atoms with E-state index in [4.69, 9.17) is 4.74 Å². The molecule has 2 heteroatoms. The Kier molecular flexibility index (Phi) is 4.19. The highest BCUT2D eigenvalue weighted by Gasteiger charge is 2.24. The summed E-state index contributed by atoms with van der Waals surface area (Å²) in [5, 5.41) is 3.81. The van der Waals surface area contributed by atoms with E-state index in [9.17, 15) is 0 Å². The summed E-state index contributed by atoms with van der Waals surface area (Å²) in [7, 11) is 0. The van der Waals surface area contributed by atoms with Gasteiger partial charge in [0.1, 0.15) is 0 Å². The molecule has 0 aromatic heterocycles. The van der Waals surface area contributed by atoms with Crippen molar-refractivity contribution in [2.24, 2.45) is 5.92 Å². The van der Waals surface area contributed by atoms with Gasteiger partial charge in [0.2, 0.25) is 0 Å². The number of nitrogens with one attached hydrogen (secondary N) is 1. The molecule has 0 saturated carbocycles. The first kappa shape index (κ1) is 13.1. The molecular formula is C17H25NO. The molecule has 19 heavy (non-hydrogen) atoms. The fourth-order valence-corrected chi connectivity index (χ4v) is 3.48. The zero-order chi connectivity index (χ0) is 13.1. The summed E-state index contributed by atoms with van der Waals surface area (Å²) < 4.78 is 5.43. The molecule has 2 nitrogen and oxygen atoms in total. The highest BCUT2D eigenvalue weighted by Crippen LogP contribution is 2.37. The van der Waals surface area contributed by atoms with Crippen LogP contribution in [0.4, 0.5) is 0 Å². The van der Waals surface area contributed by atoms with E-state index in [2.05, 4.69) is 36.5 Å². The van der Waals surface area contributed by atoms with Crippen LogP contribution in [0.25, 0.3) is 0 Å². The summed E-state index contributed by atoms with van der Waals surface area (Å²) in [4.78, 5) is 0. The monoisotopic (exact) mass is 259 g/mol. The van der Waals surface area contributed by atoms with Crippen molar-refractivity contribution in [3.05, 3.63) is 35.4 Å². The molecule has 1 aliphatic carbocycles. The number of hydrogen-bond acceptors (Lipinski definition) is 2. The van der Waals surface area contributed by atoms with Crippen molar-refractivity contribution >= 4 is 0 Å². The molecule has 2 unspecified atom stereocenters. The average molecular weight is 259 g/mol. The maximum absolute atomic E-state index is 5.43. The van der Waals surface area contributed by atoms with Crippen LogP contribution in [0.2, 0.25) is 0 Å². The molecule has 2 atom stereocenters. The van der Waals surface area contributed by atoms with E-state index in [-0.39, 0.29) is 0 Å². The van der Waals surface area contributed by atoms with Crippen molar-refractivity contribution < 1.29 is 4.74 Å². The SMILES string of the molecule is CC1CCC(NCC2CCOCC2)c2ccccc21. The molecule has 1 aromatic carbocycles. The van der Waals surface area contributed by atoms with Crippen molar-refractivity contribution in [1.82, 2.24) is 5.32 Å².